The number of nitrogens with one attached hydrogen (secondary N) is 2. The van der Waals surface area contributed by atoms with Gasteiger partial charge in [-0.15, -0.1) is 0 Å². The fourth-order valence-electron chi connectivity index (χ4n) is 2.76. The van der Waals surface area contributed by atoms with Gasteiger partial charge in [-0.2, -0.15) is 0 Å². The Labute approximate surface area is 152 Å². The number of ether oxygens (including phenoxy) is 1. The van der Waals surface area contributed by atoms with Gasteiger partial charge in [0.05, 0.1) is 12.6 Å². The number of amides is 1. The highest BCUT2D eigenvalue weighted by Crippen LogP contribution is 2.13. The molecule has 1 heterocycles. The number of nitrogens with zero attached hydrogens (tertiary/aromatic N) is 1. The number of anilines is 1. The molecule has 0 bridgehead atoms. The third kappa shape index (κ3) is 5.13. The van der Waals surface area contributed by atoms with E-state index in [2.05, 4.69) is 15.6 Å². The molecule has 136 valence electrons. The average Bonchev–Trinajstić information content (AvgIpc) is 3.13. The van der Waals surface area contributed by atoms with E-state index in [0.717, 1.165) is 30.7 Å². The number of hydrogen-bond donors (Lipinski definition) is 2. The Morgan fingerprint density at radius 3 is 2.85 bits per heavy atom. The second kappa shape index (κ2) is 8.58. The highest BCUT2D eigenvalue weighted by Gasteiger charge is 2.16. The minimum atomic E-state index is -0.456. The Kier molecular flexibility index (Phi) is 5.96. The first-order chi connectivity index (χ1) is 12.6. The lowest BCUT2D eigenvalue weighted by atomic mass is 10.2. The number of hydrogen-bond acceptors (Lipinski definition) is 3. The first-order valence-electron chi connectivity index (χ1n) is 8.67. The van der Waals surface area contributed by atoms with Crippen LogP contribution in [-0.2, 0) is 4.74 Å². The van der Waals surface area contributed by atoms with Gasteiger partial charge in [0.15, 0.2) is 0 Å². The molecule has 2 aromatic carbocycles. The average molecular weight is 355 g/mol. The number of guanidine groups is 1. The molecule has 1 unspecified atom stereocenters. The van der Waals surface area contributed by atoms with Crippen molar-refractivity contribution in [1.29, 1.82) is 0 Å². The molecule has 1 saturated heterocycles. The Balaban J connectivity index is 1.75. The quantitative estimate of drug-likeness (QED) is 0.652. The lowest BCUT2D eigenvalue weighted by Gasteiger charge is -2.14. The van der Waals surface area contributed by atoms with Gasteiger partial charge in [-0.3, -0.25) is 10.1 Å². The summed E-state index contributed by atoms with van der Waals surface area (Å²) in [5.41, 5.74) is 2.14. The van der Waals surface area contributed by atoms with E-state index in [-0.39, 0.29) is 11.7 Å². The topological polar surface area (TPSA) is 62.7 Å². The zero-order valence-corrected chi connectivity index (χ0v) is 14.7. The summed E-state index contributed by atoms with van der Waals surface area (Å²) in [6.07, 6.45) is 2.05. The lowest BCUT2D eigenvalue weighted by Crippen LogP contribution is -2.36. The van der Waals surface area contributed by atoms with E-state index in [0.29, 0.717) is 12.5 Å². The maximum absolute atomic E-state index is 13.4. The summed E-state index contributed by atoms with van der Waals surface area (Å²) in [6.45, 7) is 3.19. The van der Waals surface area contributed by atoms with Gasteiger partial charge in [0.2, 0.25) is 5.96 Å². The van der Waals surface area contributed by atoms with Crippen LogP contribution in [0.25, 0.3) is 0 Å². The van der Waals surface area contributed by atoms with E-state index in [1.54, 1.807) is 6.07 Å². The van der Waals surface area contributed by atoms with Gasteiger partial charge in [-0.25, -0.2) is 9.38 Å². The highest BCUT2D eigenvalue weighted by molar-refractivity contribution is 6.09. The van der Waals surface area contributed by atoms with Crippen molar-refractivity contribution in [3.8, 4) is 0 Å². The van der Waals surface area contributed by atoms with Crippen molar-refractivity contribution >= 4 is 17.6 Å². The molecule has 1 atom stereocenters. The number of aryl methyl sites for hydroxylation is 1. The Bertz CT molecular complexity index is 801. The van der Waals surface area contributed by atoms with Crippen molar-refractivity contribution < 1.29 is 13.9 Å². The van der Waals surface area contributed by atoms with Crippen LogP contribution in [0.5, 0.6) is 0 Å². The van der Waals surface area contributed by atoms with Crippen molar-refractivity contribution in [3.63, 3.8) is 0 Å². The molecule has 1 amide bonds. The van der Waals surface area contributed by atoms with Crippen LogP contribution < -0.4 is 10.6 Å². The summed E-state index contributed by atoms with van der Waals surface area (Å²) in [4.78, 5) is 16.9. The predicted octanol–water partition coefficient (Wildman–Crippen LogP) is 3.51. The molecule has 1 aliphatic heterocycles. The van der Waals surface area contributed by atoms with Crippen molar-refractivity contribution in [1.82, 2.24) is 5.32 Å². The molecule has 0 aromatic heterocycles. The molecule has 1 aliphatic rings. The number of aliphatic imine (C=N–C) groups is 1. The van der Waals surface area contributed by atoms with Gasteiger partial charge in [-0.1, -0.05) is 18.2 Å². The molecule has 0 radical (unpaired) electrons. The third-order valence-electron chi connectivity index (χ3n) is 4.08. The first-order valence-corrected chi connectivity index (χ1v) is 8.67. The van der Waals surface area contributed by atoms with E-state index in [1.165, 1.54) is 18.2 Å². The molecule has 0 saturated carbocycles. The monoisotopic (exact) mass is 355 g/mol. The molecule has 26 heavy (non-hydrogen) atoms. The van der Waals surface area contributed by atoms with Gasteiger partial charge in [0, 0.05) is 17.9 Å². The highest BCUT2D eigenvalue weighted by atomic mass is 19.1. The molecular weight excluding hydrogens is 333 g/mol. The van der Waals surface area contributed by atoms with Gasteiger partial charge in [0.25, 0.3) is 5.91 Å². The summed E-state index contributed by atoms with van der Waals surface area (Å²) in [6, 6.07) is 13.3. The molecule has 0 spiro atoms. The smallest absolute Gasteiger partial charge is 0.258 e. The molecule has 3 rings (SSSR count). The second-order valence-corrected chi connectivity index (χ2v) is 6.28. The van der Waals surface area contributed by atoms with Crippen LogP contribution in [0.4, 0.5) is 10.1 Å². The molecule has 0 aliphatic carbocycles. The second-order valence-electron chi connectivity index (χ2n) is 6.28. The summed E-state index contributed by atoms with van der Waals surface area (Å²) in [5.74, 6) is -0.557. The third-order valence-corrected chi connectivity index (χ3v) is 4.08. The van der Waals surface area contributed by atoms with Crippen LogP contribution in [-0.4, -0.2) is 31.1 Å². The molecule has 5 nitrogen and oxygen atoms in total. The zero-order valence-electron chi connectivity index (χ0n) is 14.7. The maximum Gasteiger partial charge on any atom is 0.258 e. The molecule has 6 heteroatoms. The summed E-state index contributed by atoms with van der Waals surface area (Å²) < 4.78 is 18.9. The standard InChI is InChI=1S/C20H22FN3O2/c1-14-5-2-8-17(11-14)23-20(22-13-18-9-4-10-26-18)24-19(25)15-6-3-7-16(21)12-15/h2-3,5-8,11-12,18H,4,9-10,13H2,1H3,(H2,22,23,24,25). The molecular formula is C20H22FN3O2. The van der Waals surface area contributed by atoms with Crippen LogP contribution >= 0.6 is 0 Å². The predicted molar refractivity (Wildman–Crippen MR) is 99.9 cm³/mol. The van der Waals surface area contributed by atoms with E-state index in [9.17, 15) is 9.18 Å². The lowest BCUT2D eigenvalue weighted by molar-refractivity contribution is 0.0975. The number of carbonyl (C=O) groups is 1. The fourth-order valence-corrected chi connectivity index (χ4v) is 2.76. The number of carbonyl (C=O) groups excluding carboxylic acids is 1. The van der Waals surface area contributed by atoms with Gasteiger partial charge < -0.3 is 10.1 Å². The molecule has 2 N–H and O–H groups in total. The van der Waals surface area contributed by atoms with E-state index in [4.69, 9.17) is 4.74 Å². The SMILES string of the molecule is Cc1cccc(NC(=NCC2CCCO2)NC(=O)c2cccc(F)c2)c1. The minimum absolute atomic E-state index is 0.0652. The van der Waals surface area contributed by atoms with Crippen LogP contribution in [0.3, 0.4) is 0 Å². The number of rotatable bonds is 4. The van der Waals surface area contributed by atoms with Gasteiger partial charge in [-0.05, 0) is 55.7 Å². The van der Waals surface area contributed by atoms with Crippen molar-refractivity contribution in [2.45, 2.75) is 25.9 Å². The molecule has 1 fully saturated rings. The van der Waals surface area contributed by atoms with Crippen molar-refractivity contribution in [2.24, 2.45) is 4.99 Å². The Hall–Kier alpha value is -2.73. The minimum Gasteiger partial charge on any atom is -0.376 e. The zero-order chi connectivity index (χ0) is 18.4. The van der Waals surface area contributed by atoms with Crippen LogP contribution in [0, 0.1) is 12.7 Å². The number of halogens is 1. The summed E-state index contributed by atoms with van der Waals surface area (Å²) in [7, 11) is 0. The van der Waals surface area contributed by atoms with Crippen LogP contribution in [0.15, 0.2) is 53.5 Å². The van der Waals surface area contributed by atoms with E-state index in [1.807, 2.05) is 31.2 Å². The Morgan fingerprint density at radius 1 is 1.27 bits per heavy atom. The van der Waals surface area contributed by atoms with Crippen LogP contribution in [0.1, 0.15) is 28.8 Å². The normalized spacial score (nSPS) is 17.2. The van der Waals surface area contributed by atoms with Crippen molar-refractivity contribution in [3.05, 3.63) is 65.5 Å². The summed E-state index contributed by atoms with van der Waals surface area (Å²) >= 11 is 0. The summed E-state index contributed by atoms with van der Waals surface area (Å²) in [5, 5.41) is 5.86. The Morgan fingerprint density at radius 2 is 2.12 bits per heavy atom. The van der Waals surface area contributed by atoms with E-state index >= 15 is 0 Å². The number of benzene rings is 2. The largest absolute Gasteiger partial charge is 0.376 e. The molecule has 2 aromatic rings. The van der Waals surface area contributed by atoms with Gasteiger partial charge in [0.1, 0.15) is 5.82 Å². The van der Waals surface area contributed by atoms with E-state index < -0.39 is 11.7 Å². The van der Waals surface area contributed by atoms with Gasteiger partial charge >= 0.3 is 0 Å². The van der Waals surface area contributed by atoms with Crippen molar-refractivity contribution in [2.75, 3.05) is 18.5 Å². The van der Waals surface area contributed by atoms with Crippen LogP contribution in [0.2, 0.25) is 0 Å². The first kappa shape index (κ1) is 18.1. The maximum atomic E-state index is 13.4. The fraction of sp³-hybridized carbons (Fsp3) is 0.300.